The number of likely N-dealkylation sites (tertiary alicyclic amines) is 1. The average Bonchev–Trinajstić information content (AvgIpc) is 3.20. The van der Waals surface area contributed by atoms with Crippen LogP contribution in [-0.4, -0.2) is 33.9 Å². The Morgan fingerprint density at radius 3 is 2.69 bits per heavy atom. The van der Waals surface area contributed by atoms with Crippen LogP contribution in [0.5, 0.6) is 0 Å². The van der Waals surface area contributed by atoms with Crippen LogP contribution < -0.4 is 11.1 Å². The molecule has 0 unspecified atom stereocenters. The number of nitrogens with one attached hydrogen (secondary N) is 1. The Morgan fingerprint density at radius 2 is 1.97 bits per heavy atom. The van der Waals surface area contributed by atoms with E-state index in [9.17, 15) is 9.18 Å². The van der Waals surface area contributed by atoms with Crippen molar-refractivity contribution >= 4 is 23.1 Å². The highest BCUT2D eigenvalue weighted by Gasteiger charge is 2.29. The molecule has 3 heterocycles. The number of hydrogen-bond donors (Lipinski definition) is 2. The van der Waals surface area contributed by atoms with E-state index < -0.39 is 0 Å². The van der Waals surface area contributed by atoms with Crippen molar-refractivity contribution in [3.8, 4) is 0 Å². The Kier molecular flexibility index (Phi) is 5.12. The lowest BCUT2D eigenvalue weighted by Gasteiger charge is -2.17. The summed E-state index contributed by atoms with van der Waals surface area (Å²) in [6.45, 7) is 3.22. The van der Waals surface area contributed by atoms with Crippen LogP contribution in [0.25, 0.3) is 0 Å². The van der Waals surface area contributed by atoms with E-state index in [2.05, 4.69) is 15.3 Å². The molecule has 1 fully saturated rings. The third-order valence-electron chi connectivity index (χ3n) is 5.03. The summed E-state index contributed by atoms with van der Waals surface area (Å²) < 4.78 is 13.1. The molecule has 1 aliphatic heterocycles. The first-order valence-corrected chi connectivity index (χ1v) is 9.50. The number of amides is 1. The number of hydrogen-bond acceptors (Lipinski definition) is 5. The van der Waals surface area contributed by atoms with Gasteiger partial charge in [0.25, 0.3) is 5.91 Å². The van der Waals surface area contributed by atoms with E-state index in [1.807, 2.05) is 24.0 Å². The number of carbonyl (C=O) groups is 1. The molecule has 2 aromatic heterocycles. The SMILES string of the molecule is Cc1cc(Nc2ccc(F)cc2)cc([C@@H]2CCN(C(=O)c3ccc(N)nc3)C2)n1. The number of rotatable bonds is 4. The smallest absolute Gasteiger partial charge is 0.255 e. The van der Waals surface area contributed by atoms with E-state index >= 15 is 0 Å². The van der Waals surface area contributed by atoms with Crippen molar-refractivity contribution in [3.63, 3.8) is 0 Å². The highest BCUT2D eigenvalue weighted by molar-refractivity contribution is 5.94. The summed E-state index contributed by atoms with van der Waals surface area (Å²) in [6, 6.07) is 13.5. The van der Waals surface area contributed by atoms with Gasteiger partial charge in [0.1, 0.15) is 11.6 Å². The maximum Gasteiger partial charge on any atom is 0.255 e. The second kappa shape index (κ2) is 7.87. The number of benzene rings is 1. The fraction of sp³-hybridized carbons (Fsp3) is 0.227. The molecule has 148 valence electrons. The second-order valence-electron chi connectivity index (χ2n) is 7.26. The maximum absolute atomic E-state index is 13.1. The number of aryl methyl sites for hydroxylation is 1. The Bertz CT molecular complexity index is 1020. The molecule has 0 bridgehead atoms. The number of nitrogens with two attached hydrogens (primary N) is 1. The summed E-state index contributed by atoms with van der Waals surface area (Å²) in [5, 5.41) is 3.29. The standard InChI is InChI=1S/C22H22FN5O/c1-14-10-19(27-18-5-3-17(23)4-6-18)11-20(26-14)16-8-9-28(13-16)22(29)15-2-7-21(24)25-12-15/h2-7,10-12,16H,8-9,13H2,1H3,(H2,24,25)(H,26,27)/t16-/m1/s1. The van der Waals surface area contributed by atoms with Gasteiger partial charge in [0.05, 0.1) is 5.56 Å². The zero-order valence-electron chi connectivity index (χ0n) is 16.1. The predicted molar refractivity (Wildman–Crippen MR) is 111 cm³/mol. The van der Waals surface area contributed by atoms with Crippen LogP contribution in [0, 0.1) is 12.7 Å². The largest absolute Gasteiger partial charge is 0.384 e. The van der Waals surface area contributed by atoms with Gasteiger partial charge < -0.3 is 16.0 Å². The number of carbonyl (C=O) groups excluding carboxylic acids is 1. The molecule has 1 aromatic carbocycles. The molecule has 3 N–H and O–H groups in total. The van der Waals surface area contributed by atoms with Gasteiger partial charge >= 0.3 is 0 Å². The molecule has 1 aliphatic rings. The number of halogens is 1. The first kappa shape index (κ1) is 18.9. The lowest BCUT2D eigenvalue weighted by atomic mass is 10.0. The summed E-state index contributed by atoms with van der Waals surface area (Å²) in [6.07, 6.45) is 2.36. The molecule has 0 aliphatic carbocycles. The third kappa shape index (κ3) is 4.34. The summed E-state index contributed by atoms with van der Waals surface area (Å²) in [4.78, 5) is 23.2. The zero-order valence-corrected chi connectivity index (χ0v) is 16.1. The average molecular weight is 391 g/mol. The number of pyridine rings is 2. The van der Waals surface area contributed by atoms with Crippen LogP contribution >= 0.6 is 0 Å². The van der Waals surface area contributed by atoms with Crippen molar-refractivity contribution < 1.29 is 9.18 Å². The van der Waals surface area contributed by atoms with Gasteiger partial charge in [-0.05, 0) is 61.9 Å². The number of aromatic nitrogens is 2. The highest BCUT2D eigenvalue weighted by atomic mass is 19.1. The molecule has 1 saturated heterocycles. The molecule has 0 saturated carbocycles. The lowest BCUT2D eigenvalue weighted by molar-refractivity contribution is 0.0790. The van der Waals surface area contributed by atoms with Crippen LogP contribution in [0.2, 0.25) is 0 Å². The van der Waals surface area contributed by atoms with E-state index in [0.29, 0.717) is 24.5 Å². The van der Waals surface area contributed by atoms with Crippen molar-refractivity contribution in [1.82, 2.24) is 14.9 Å². The minimum absolute atomic E-state index is 0.0442. The van der Waals surface area contributed by atoms with Crippen LogP contribution in [0.4, 0.5) is 21.6 Å². The van der Waals surface area contributed by atoms with Crippen molar-refractivity contribution in [2.75, 3.05) is 24.1 Å². The molecule has 29 heavy (non-hydrogen) atoms. The van der Waals surface area contributed by atoms with E-state index in [1.165, 1.54) is 18.3 Å². The third-order valence-corrected chi connectivity index (χ3v) is 5.03. The maximum atomic E-state index is 13.1. The van der Waals surface area contributed by atoms with Gasteiger partial charge in [0, 0.05) is 48.0 Å². The van der Waals surface area contributed by atoms with Crippen LogP contribution in [0.15, 0.2) is 54.7 Å². The van der Waals surface area contributed by atoms with E-state index in [-0.39, 0.29) is 17.6 Å². The van der Waals surface area contributed by atoms with Gasteiger partial charge in [0.2, 0.25) is 0 Å². The Hall–Kier alpha value is -3.48. The Morgan fingerprint density at radius 1 is 1.17 bits per heavy atom. The molecule has 3 aromatic rings. The van der Waals surface area contributed by atoms with Gasteiger partial charge in [-0.25, -0.2) is 9.37 Å². The molecule has 1 amide bonds. The topological polar surface area (TPSA) is 84.1 Å². The molecule has 4 rings (SSSR count). The number of anilines is 3. The summed E-state index contributed by atoms with van der Waals surface area (Å²) >= 11 is 0. The summed E-state index contributed by atoms with van der Waals surface area (Å²) in [5.41, 5.74) is 9.67. The van der Waals surface area contributed by atoms with Crippen LogP contribution in [-0.2, 0) is 0 Å². The fourth-order valence-electron chi connectivity index (χ4n) is 3.58. The van der Waals surface area contributed by atoms with Gasteiger partial charge in [0.15, 0.2) is 0 Å². The number of nitrogen functional groups attached to an aromatic ring is 1. The van der Waals surface area contributed by atoms with Gasteiger partial charge in [-0.3, -0.25) is 9.78 Å². The van der Waals surface area contributed by atoms with Gasteiger partial charge in [-0.15, -0.1) is 0 Å². The molecule has 0 radical (unpaired) electrons. The van der Waals surface area contributed by atoms with E-state index in [0.717, 1.165) is 29.2 Å². The first-order chi connectivity index (χ1) is 14.0. The first-order valence-electron chi connectivity index (χ1n) is 9.50. The summed E-state index contributed by atoms with van der Waals surface area (Å²) in [5.74, 6) is 0.242. The van der Waals surface area contributed by atoms with Crippen molar-refractivity contribution in [3.05, 3.63) is 77.5 Å². The highest BCUT2D eigenvalue weighted by Crippen LogP contribution is 2.30. The molecular weight excluding hydrogens is 369 g/mol. The predicted octanol–water partition coefficient (Wildman–Crippen LogP) is 3.88. The minimum atomic E-state index is -0.269. The molecule has 6 nitrogen and oxygen atoms in total. The molecular formula is C22H22FN5O. The van der Waals surface area contributed by atoms with Crippen molar-refractivity contribution in [2.24, 2.45) is 0 Å². The molecule has 7 heteroatoms. The lowest BCUT2D eigenvalue weighted by Crippen LogP contribution is -2.28. The molecule has 0 spiro atoms. The Labute approximate surface area is 168 Å². The van der Waals surface area contributed by atoms with Crippen molar-refractivity contribution in [2.45, 2.75) is 19.3 Å². The van der Waals surface area contributed by atoms with Gasteiger partial charge in [-0.2, -0.15) is 0 Å². The number of nitrogens with zero attached hydrogens (tertiary/aromatic N) is 3. The normalized spacial score (nSPS) is 16.1. The second-order valence-corrected chi connectivity index (χ2v) is 7.26. The van der Waals surface area contributed by atoms with Gasteiger partial charge in [-0.1, -0.05) is 0 Å². The molecule has 1 atom stereocenters. The van der Waals surface area contributed by atoms with E-state index in [4.69, 9.17) is 5.73 Å². The Balaban J connectivity index is 1.48. The zero-order chi connectivity index (χ0) is 20.4. The van der Waals surface area contributed by atoms with Crippen LogP contribution in [0.1, 0.15) is 34.1 Å². The fourth-order valence-corrected chi connectivity index (χ4v) is 3.58. The minimum Gasteiger partial charge on any atom is -0.384 e. The monoisotopic (exact) mass is 391 g/mol. The van der Waals surface area contributed by atoms with Crippen molar-refractivity contribution in [1.29, 1.82) is 0 Å². The summed E-state index contributed by atoms with van der Waals surface area (Å²) in [7, 11) is 0. The van der Waals surface area contributed by atoms with E-state index in [1.54, 1.807) is 24.3 Å². The quantitative estimate of drug-likeness (QED) is 0.705. The van der Waals surface area contributed by atoms with Crippen LogP contribution in [0.3, 0.4) is 0 Å².